The van der Waals surface area contributed by atoms with E-state index in [2.05, 4.69) is 19.9 Å². The highest BCUT2D eigenvalue weighted by atomic mass is 35.5. The van der Waals surface area contributed by atoms with Crippen molar-refractivity contribution in [1.29, 1.82) is 0 Å². The van der Waals surface area contributed by atoms with Crippen LogP contribution in [0.1, 0.15) is 11.1 Å². The van der Waals surface area contributed by atoms with Gasteiger partial charge < -0.3 is 9.32 Å². The van der Waals surface area contributed by atoms with Crippen LogP contribution in [0.15, 0.2) is 35.0 Å². The molecule has 0 unspecified atom stereocenters. The van der Waals surface area contributed by atoms with Crippen LogP contribution in [0.3, 0.4) is 0 Å². The fourth-order valence-corrected chi connectivity index (χ4v) is 2.42. The van der Waals surface area contributed by atoms with Crippen molar-refractivity contribution >= 4 is 28.8 Å². The minimum atomic E-state index is 0.418. The van der Waals surface area contributed by atoms with Crippen LogP contribution < -0.4 is 4.90 Å². The van der Waals surface area contributed by atoms with Gasteiger partial charge in [-0.15, -0.1) is 0 Å². The summed E-state index contributed by atoms with van der Waals surface area (Å²) in [7, 11) is 0. The molecule has 3 aromatic rings. The third kappa shape index (κ3) is 1.74. The van der Waals surface area contributed by atoms with E-state index in [1.807, 2.05) is 12.3 Å². The molecule has 0 atom stereocenters. The number of aromatic nitrogens is 3. The molecule has 3 aromatic heterocycles. The van der Waals surface area contributed by atoms with Gasteiger partial charge in [0.15, 0.2) is 5.58 Å². The van der Waals surface area contributed by atoms with Crippen LogP contribution in [-0.2, 0) is 13.1 Å². The molecule has 5 nitrogen and oxygen atoms in total. The molecule has 0 amide bonds. The van der Waals surface area contributed by atoms with Crippen LogP contribution in [-0.4, -0.2) is 15.0 Å². The Morgan fingerprint density at radius 2 is 2.00 bits per heavy atom. The lowest BCUT2D eigenvalue weighted by Gasteiger charge is -2.10. The molecule has 0 aliphatic carbocycles. The van der Waals surface area contributed by atoms with Gasteiger partial charge in [0.2, 0.25) is 5.65 Å². The molecule has 0 aromatic carbocycles. The number of rotatable bonds is 1. The SMILES string of the molecule is Clc1ccc2oc(N3Cc4ccncc4C3)nc2n1. The third-order valence-electron chi connectivity index (χ3n) is 3.21. The summed E-state index contributed by atoms with van der Waals surface area (Å²) in [6.07, 6.45) is 3.68. The normalized spacial score (nSPS) is 14.1. The predicted molar refractivity (Wildman–Crippen MR) is 70.9 cm³/mol. The fraction of sp³-hybridized carbons (Fsp3) is 0.154. The Kier molecular flexibility index (Phi) is 2.22. The van der Waals surface area contributed by atoms with Crippen molar-refractivity contribution < 1.29 is 4.42 Å². The summed E-state index contributed by atoms with van der Waals surface area (Å²) in [4.78, 5) is 14.7. The molecule has 94 valence electrons. The lowest BCUT2D eigenvalue weighted by molar-refractivity contribution is 0.573. The van der Waals surface area contributed by atoms with E-state index in [0.717, 1.165) is 13.1 Å². The third-order valence-corrected chi connectivity index (χ3v) is 3.42. The van der Waals surface area contributed by atoms with Gasteiger partial charge in [0.1, 0.15) is 5.15 Å². The molecule has 6 heteroatoms. The summed E-state index contributed by atoms with van der Waals surface area (Å²) in [6, 6.07) is 6.07. The molecular weight excluding hydrogens is 264 g/mol. The predicted octanol–water partition coefficient (Wildman–Crippen LogP) is 2.79. The number of oxazole rings is 1. The molecule has 0 bridgehead atoms. The molecule has 4 heterocycles. The number of anilines is 1. The largest absolute Gasteiger partial charge is 0.422 e. The zero-order valence-electron chi connectivity index (χ0n) is 9.88. The Labute approximate surface area is 113 Å². The zero-order valence-corrected chi connectivity index (χ0v) is 10.6. The molecule has 0 N–H and O–H groups in total. The summed E-state index contributed by atoms with van der Waals surface area (Å²) >= 11 is 5.85. The summed E-state index contributed by atoms with van der Waals surface area (Å²) in [5.41, 5.74) is 3.64. The van der Waals surface area contributed by atoms with Crippen molar-refractivity contribution in [2.75, 3.05) is 4.90 Å². The number of halogens is 1. The smallest absolute Gasteiger partial charge is 0.300 e. The van der Waals surface area contributed by atoms with E-state index in [0.29, 0.717) is 22.4 Å². The van der Waals surface area contributed by atoms with Crippen LogP contribution in [0.25, 0.3) is 11.2 Å². The standard InChI is InChI=1S/C13H9ClN4O/c14-11-2-1-10-12(16-11)17-13(19-10)18-6-8-3-4-15-5-9(8)7-18/h1-5H,6-7H2. The lowest BCUT2D eigenvalue weighted by Crippen LogP contribution is -2.14. The molecule has 1 aliphatic heterocycles. The topological polar surface area (TPSA) is 55.1 Å². The first-order chi connectivity index (χ1) is 9.29. The number of fused-ring (bicyclic) bond motifs is 2. The van der Waals surface area contributed by atoms with E-state index in [-0.39, 0.29) is 0 Å². The fourth-order valence-electron chi connectivity index (χ4n) is 2.27. The Balaban J connectivity index is 1.73. The highest BCUT2D eigenvalue weighted by molar-refractivity contribution is 6.29. The molecule has 0 radical (unpaired) electrons. The second kappa shape index (κ2) is 3.93. The molecular formula is C13H9ClN4O. The maximum Gasteiger partial charge on any atom is 0.300 e. The molecule has 0 fully saturated rings. The van der Waals surface area contributed by atoms with E-state index in [9.17, 15) is 0 Å². The molecule has 0 saturated heterocycles. The van der Waals surface area contributed by atoms with Crippen molar-refractivity contribution in [1.82, 2.24) is 15.0 Å². The first-order valence-corrected chi connectivity index (χ1v) is 6.27. The summed E-state index contributed by atoms with van der Waals surface area (Å²) in [5.74, 6) is 0. The summed E-state index contributed by atoms with van der Waals surface area (Å²) in [5, 5.41) is 0.418. The Morgan fingerprint density at radius 3 is 2.89 bits per heavy atom. The highest BCUT2D eigenvalue weighted by Crippen LogP contribution is 2.29. The van der Waals surface area contributed by atoms with Crippen molar-refractivity contribution in [2.45, 2.75) is 13.1 Å². The van der Waals surface area contributed by atoms with Gasteiger partial charge in [0.25, 0.3) is 0 Å². The van der Waals surface area contributed by atoms with Gasteiger partial charge >= 0.3 is 6.01 Å². The van der Waals surface area contributed by atoms with Gasteiger partial charge in [-0.3, -0.25) is 4.98 Å². The second-order valence-corrected chi connectivity index (χ2v) is 4.84. The Hall–Kier alpha value is -2.14. The summed E-state index contributed by atoms with van der Waals surface area (Å²) in [6.45, 7) is 1.53. The van der Waals surface area contributed by atoms with E-state index in [1.165, 1.54) is 11.1 Å². The van der Waals surface area contributed by atoms with Crippen LogP contribution >= 0.6 is 11.6 Å². The van der Waals surface area contributed by atoms with Crippen LogP contribution in [0.4, 0.5) is 6.01 Å². The van der Waals surface area contributed by atoms with E-state index >= 15 is 0 Å². The number of hydrogen-bond donors (Lipinski definition) is 0. The zero-order chi connectivity index (χ0) is 12.8. The highest BCUT2D eigenvalue weighted by Gasteiger charge is 2.23. The monoisotopic (exact) mass is 272 g/mol. The van der Waals surface area contributed by atoms with Crippen LogP contribution in [0, 0.1) is 0 Å². The van der Waals surface area contributed by atoms with Gasteiger partial charge in [-0.2, -0.15) is 4.98 Å². The maximum atomic E-state index is 5.85. The van der Waals surface area contributed by atoms with Gasteiger partial charge in [0.05, 0.1) is 0 Å². The quantitative estimate of drug-likeness (QED) is 0.638. The van der Waals surface area contributed by atoms with E-state index in [1.54, 1.807) is 18.3 Å². The van der Waals surface area contributed by atoms with Crippen LogP contribution in [0.2, 0.25) is 5.15 Å². The van der Waals surface area contributed by atoms with Crippen molar-refractivity contribution in [3.63, 3.8) is 0 Å². The first kappa shape index (κ1) is 10.8. The first-order valence-electron chi connectivity index (χ1n) is 5.89. The Morgan fingerprint density at radius 1 is 1.11 bits per heavy atom. The Bertz CT molecular complexity index is 745. The minimum Gasteiger partial charge on any atom is -0.422 e. The summed E-state index contributed by atoms with van der Waals surface area (Å²) < 4.78 is 5.71. The van der Waals surface area contributed by atoms with Crippen molar-refractivity contribution in [2.24, 2.45) is 0 Å². The van der Waals surface area contributed by atoms with Gasteiger partial charge in [-0.1, -0.05) is 11.6 Å². The second-order valence-electron chi connectivity index (χ2n) is 4.45. The van der Waals surface area contributed by atoms with Gasteiger partial charge in [-0.25, -0.2) is 4.98 Å². The number of pyridine rings is 2. The minimum absolute atomic E-state index is 0.418. The average molecular weight is 273 g/mol. The van der Waals surface area contributed by atoms with E-state index < -0.39 is 0 Å². The number of hydrogen-bond acceptors (Lipinski definition) is 5. The average Bonchev–Trinajstić information content (AvgIpc) is 3.00. The molecule has 0 spiro atoms. The van der Waals surface area contributed by atoms with Crippen molar-refractivity contribution in [3.8, 4) is 0 Å². The molecule has 4 rings (SSSR count). The molecule has 0 saturated carbocycles. The van der Waals surface area contributed by atoms with Gasteiger partial charge in [0, 0.05) is 25.5 Å². The maximum absolute atomic E-state index is 5.85. The lowest BCUT2D eigenvalue weighted by atomic mass is 10.2. The number of nitrogens with zero attached hydrogens (tertiary/aromatic N) is 4. The van der Waals surface area contributed by atoms with Crippen molar-refractivity contribution in [3.05, 3.63) is 46.9 Å². The van der Waals surface area contributed by atoms with Crippen LogP contribution in [0.5, 0.6) is 0 Å². The molecule has 19 heavy (non-hydrogen) atoms. The molecule has 1 aliphatic rings. The van der Waals surface area contributed by atoms with E-state index in [4.69, 9.17) is 16.0 Å². The van der Waals surface area contributed by atoms with Gasteiger partial charge in [-0.05, 0) is 29.3 Å².